The molecule has 0 aliphatic carbocycles. The molecule has 1 atom stereocenters. The number of hydrogen-bond donors (Lipinski definition) is 1. The topological polar surface area (TPSA) is 109 Å². The number of hydrazone groups is 1. The molecular weight excluding hydrogens is 312 g/mol. The Kier molecular flexibility index (Phi) is 3.12. The maximum absolute atomic E-state index is 12.6. The first-order chi connectivity index (χ1) is 11.5. The molecule has 2 aromatic rings. The van der Waals surface area contributed by atoms with Gasteiger partial charge in [0.05, 0.1) is 18.7 Å². The SMILES string of the molecule is O=C([O-])C=NN1CC(=O)N2Cc3[nH]c4ccccc4c3C[C@H]2C1=O. The van der Waals surface area contributed by atoms with Crippen molar-refractivity contribution in [3.05, 3.63) is 35.5 Å². The van der Waals surface area contributed by atoms with E-state index in [9.17, 15) is 19.5 Å². The number of nitrogens with zero attached hydrogens (tertiary/aromatic N) is 3. The monoisotopic (exact) mass is 325 g/mol. The number of aromatic amines is 1. The van der Waals surface area contributed by atoms with Crippen LogP contribution in [-0.2, 0) is 27.3 Å². The number of hydrogen-bond acceptors (Lipinski definition) is 5. The molecule has 2 amide bonds. The molecule has 0 spiro atoms. The van der Waals surface area contributed by atoms with E-state index in [1.54, 1.807) is 0 Å². The van der Waals surface area contributed by atoms with Gasteiger partial charge in [0.15, 0.2) is 0 Å². The minimum Gasteiger partial charge on any atom is -0.544 e. The van der Waals surface area contributed by atoms with Crippen LogP contribution in [0.4, 0.5) is 0 Å². The van der Waals surface area contributed by atoms with Crippen LogP contribution in [0.5, 0.6) is 0 Å². The standard InChI is InChI=1S/C16H14N4O4/c21-14-8-20(17-6-15(22)23)16(24)13-5-10-9-3-1-2-4-11(9)18-12(10)7-19(13)14/h1-4,6,13,18H,5,7-8H2,(H,22,23)/p-1/t13-/m0/s1. The van der Waals surface area contributed by atoms with Crippen molar-refractivity contribution in [2.45, 2.75) is 19.0 Å². The number of rotatable bonds is 2. The van der Waals surface area contributed by atoms with Crippen molar-refractivity contribution in [3.8, 4) is 0 Å². The van der Waals surface area contributed by atoms with E-state index in [4.69, 9.17) is 0 Å². The summed E-state index contributed by atoms with van der Waals surface area (Å²) in [6.07, 6.45) is 0.891. The summed E-state index contributed by atoms with van der Waals surface area (Å²) in [7, 11) is 0. The van der Waals surface area contributed by atoms with Crippen molar-refractivity contribution < 1.29 is 19.5 Å². The maximum atomic E-state index is 12.6. The van der Waals surface area contributed by atoms with E-state index in [0.717, 1.165) is 27.2 Å². The molecule has 0 unspecified atom stereocenters. The average Bonchev–Trinajstić information content (AvgIpc) is 2.93. The van der Waals surface area contributed by atoms with Gasteiger partial charge in [-0.15, -0.1) is 0 Å². The van der Waals surface area contributed by atoms with Crippen LogP contribution < -0.4 is 5.11 Å². The van der Waals surface area contributed by atoms with Gasteiger partial charge >= 0.3 is 0 Å². The fourth-order valence-corrected chi connectivity index (χ4v) is 3.37. The smallest absolute Gasteiger partial charge is 0.266 e. The van der Waals surface area contributed by atoms with Gasteiger partial charge < -0.3 is 19.8 Å². The Bertz CT molecular complexity index is 901. The number of carbonyl (C=O) groups excluding carboxylic acids is 3. The molecule has 8 nitrogen and oxygen atoms in total. The van der Waals surface area contributed by atoms with Gasteiger partial charge in [-0.25, -0.2) is 5.01 Å². The van der Waals surface area contributed by atoms with Crippen molar-refractivity contribution in [3.63, 3.8) is 0 Å². The van der Waals surface area contributed by atoms with Gasteiger partial charge in [-0.1, -0.05) is 18.2 Å². The molecule has 1 aromatic heterocycles. The molecule has 1 aromatic carbocycles. The second-order valence-electron chi connectivity index (χ2n) is 5.83. The van der Waals surface area contributed by atoms with E-state index in [2.05, 4.69) is 10.1 Å². The highest BCUT2D eigenvalue weighted by Crippen LogP contribution is 2.32. The Morgan fingerprint density at radius 2 is 2.08 bits per heavy atom. The quantitative estimate of drug-likeness (QED) is 0.714. The van der Waals surface area contributed by atoms with Crippen LogP contribution in [0.3, 0.4) is 0 Å². The lowest BCUT2D eigenvalue weighted by molar-refractivity contribution is -0.293. The number of fused-ring (bicyclic) bond motifs is 4. The average molecular weight is 325 g/mol. The minimum atomic E-state index is -1.51. The Morgan fingerprint density at radius 1 is 1.29 bits per heavy atom. The van der Waals surface area contributed by atoms with Gasteiger partial charge in [0.1, 0.15) is 12.6 Å². The molecular formula is C16H13N4O4-. The molecule has 0 bridgehead atoms. The Balaban J connectivity index is 1.71. The van der Waals surface area contributed by atoms with Gasteiger partial charge in [-0.2, -0.15) is 5.10 Å². The molecule has 1 saturated heterocycles. The van der Waals surface area contributed by atoms with Gasteiger partial charge in [-0.3, -0.25) is 9.59 Å². The summed E-state index contributed by atoms with van der Waals surface area (Å²) >= 11 is 0. The number of piperazine rings is 1. The Hall–Kier alpha value is -3.16. The highest BCUT2D eigenvalue weighted by molar-refractivity contribution is 6.20. The summed E-state index contributed by atoms with van der Waals surface area (Å²) in [4.78, 5) is 40.2. The fourth-order valence-electron chi connectivity index (χ4n) is 3.37. The van der Waals surface area contributed by atoms with Crippen LogP contribution in [0, 0.1) is 0 Å². The van der Waals surface area contributed by atoms with Crippen LogP contribution in [0.2, 0.25) is 0 Å². The first kappa shape index (κ1) is 14.4. The van der Waals surface area contributed by atoms with E-state index < -0.39 is 12.0 Å². The van der Waals surface area contributed by atoms with Crippen molar-refractivity contribution in [2.24, 2.45) is 5.10 Å². The normalized spacial score (nSPS) is 20.6. The lowest BCUT2D eigenvalue weighted by atomic mass is 9.94. The maximum Gasteiger partial charge on any atom is 0.266 e. The molecule has 4 rings (SSSR count). The van der Waals surface area contributed by atoms with Crippen molar-refractivity contribution in [1.82, 2.24) is 14.9 Å². The number of para-hydroxylation sites is 1. The fraction of sp³-hybridized carbons (Fsp3) is 0.250. The van der Waals surface area contributed by atoms with Crippen LogP contribution >= 0.6 is 0 Å². The number of carboxylic acid groups (broad SMARTS) is 1. The number of H-pyrrole nitrogens is 1. The molecule has 8 heteroatoms. The summed E-state index contributed by atoms with van der Waals surface area (Å²) in [5.74, 6) is -2.16. The van der Waals surface area contributed by atoms with Crippen LogP contribution in [0.1, 0.15) is 11.3 Å². The first-order valence-electron chi connectivity index (χ1n) is 7.49. The van der Waals surface area contributed by atoms with E-state index in [1.165, 1.54) is 4.90 Å². The third-order valence-electron chi connectivity index (χ3n) is 4.45. The minimum absolute atomic E-state index is 0.264. The number of carboxylic acids is 1. The molecule has 3 heterocycles. The Morgan fingerprint density at radius 3 is 2.88 bits per heavy atom. The Labute approximate surface area is 136 Å². The van der Waals surface area contributed by atoms with Gasteiger partial charge in [-0.05, 0) is 11.6 Å². The van der Waals surface area contributed by atoms with E-state index >= 15 is 0 Å². The summed E-state index contributed by atoms with van der Waals surface area (Å²) in [6, 6.07) is 7.10. The summed E-state index contributed by atoms with van der Waals surface area (Å²) < 4.78 is 0. The van der Waals surface area contributed by atoms with Crippen molar-refractivity contribution in [1.29, 1.82) is 0 Å². The zero-order valence-electron chi connectivity index (χ0n) is 12.6. The van der Waals surface area contributed by atoms with Gasteiger partial charge in [0.25, 0.3) is 5.91 Å². The predicted octanol–water partition coefficient (Wildman–Crippen LogP) is -1.00. The second kappa shape index (κ2) is 5.19. The number of amides is 2. The number of carbonyl (C=O) groups is 3. The molecule has 122 valence electrons. The summed E-state index contributed by atoms with van der Waals surface area (Å²) in [5.41, 5.74) is 2.91. The van der Waals surface area contributed by atoms with Crippen LogP contribution in [0.15, 0.2) is 29.4 Å². The third kappa shape index (κ3) is 2.15. The first-order valence-corrected chi connectivity index (χ1v) is 7.49. The van der Waals surface area contributed by atoms with E-state index in [-0.39, 0.29) is 18.4 Å². The molecule has 1 N–H and O–H groups in total. The molecule has 24 heavy (non-hydrogen) atoms. The summed E-state index contributed by atoms with van der Waals surface area (Å²) in [5, 5.41) is 16.0. The zero-order chi connectivity index (χ0) is 16.8. The molecule has 2 aliphatic rings. The number of aromatic nitrogens is 1. The van der Waals surface area contributed by atoms with E-state index in [0.29, 0.717) is 19.2 Å². The molecule has 1 fully saturated rings. The predicted molar refractivity (Wildman–Crippen MR) is 81.6 cm³/mol. The largest absolute Gasteiger partial charge is 0.544 e. The van der Waals surface area contributed by atoms with Crippen LogP contribution in [0.25, 0.3) is 10.9 Å². The molecule has 0 saturated carbocycles. The lowest BCUT2D eigenvalue weighted by Gasteiger charge is -2.40. The highest BCUT2D eigenvalue weighted by Gasteiger charge is 2.43. The second-order valence-corrected chi connectivity index (χ2v) is 5.83. The summed E-state index contributed by atoms with van der Waals surface area (Å²) in [6.45, 7) is 0.0615. The lowest BCUT2D eigenvalue weighted by Crippen LogP contribution is -2.60. The molecule has 0 radical (unpaired) electrons. The van der Waals surface area contributed by atoms with Crippen LogP contribution in [-0.4, -0.2) is 51.5 Å². The zero-order valence-corrected chi connectivity index (χ0v) is 12.6. The third-order valence-corrected chi connectivity index (χ3v) is 4.45. The number of nitrogens with one attached hydrogen (secondary N) is 1. The number of benzene rings is 1. The molecule has 2 aliphatic heterocycles. The van der Waals surface area contributed by atoms with Crippen molar-refractivity contribution in [2.75, 3.05) is 6.54 Å². The highest BCUT2D eigenvalue weighted by atomic mass is 16.4. The van der Waals surface area contributed by atoms with E-state index in [1.807, 2.05) is 24.3 Å². The van der Waals surface area contributed by atoms with Gasteiger partial charge in [0.2, 0.25) is 5.91 Å². The number of aliphatic carboxylic acids is 1. The van der Waals surface area contributed by atoms with Gasteiger partial charge in [0, 0.05) is 23.0 Å². The van der Waals surface area contributed by atoms with Crippen molar-refractivity contribution >= 4 is 34.9 Å².